The molecule has 0 unspecified atom stereocenters. The minimum atomic E-state index is -0.579. The molecular weight excluding hydrogens is 303 g/mol. The summed E-state index contributed by atoms with van der Waals surface area (Å²) in [5, 5.41) is 9.57. The molecule has 6 heteroatoms. The number of anilines is 2. The third kappa shape index (κ3) is 5.04. The second kappa shape index (κ2) is 6.79. The van der Waals surface area contributed by atoms with Crippen LogP contribution in [0.2, 0.25) is 0 Å². The lowest BCUT2D eigenvalue weighted by molar-refractivity contribution is 0.0636. The molecule has 4 nitrogen and oxygen atoms in total. The fourth-order valence-corrected chi connectivity index (χ4v) is 2.42. The van der Waals surface area contributed by atoms with Crippen molar-refractivity contribution in [3.8, 4) is 0 Å². The van der Waals surface area contributed by atoms with Gasteiger partial charge in [-0.3, -0.25) is 5.32 Å². The molecule has 2 N–H and O–H groups in total. The third-order valence-corrected chi connectivity index (χ3v) is 3.41. The van der Waals surface area contributed by atoms with E-state index < -0.39 is 11.7 Å². The molecule has 1 amide bonds. The predicted octanol–water partition coefficient (Wildman–Crippen LogP) is 4.85. The number of halogens is 1. The molecule has 0 bridgehead atoms. The zero-order chi connectivity index (χ0) is 16.2. The summed E-state index contributed by atoms with van der Waals surface area (Å²) >= 11 is 1.59. The van der Waals surface area contributed by atoms with Crippen molar-refractivity contribution in [3.63, 3.8) is 0 Å². The summed E-state index contributed by atoms with van der Waals surface area (Å²) in [6.07, 6.45) is -0.567. The van der Waals surface area contributed by atoms with Crippen molar-refractivity contribution >= 4 is 28.8 Å². The SMILES string of the molecule is CC(C)(C)OC(=O)Nc1ccc(F)c(NCc2ccsc2)c1. The number of carbonyl (C=O) groups excluding carboxylic acids is 1. The minimum absolute atomic E-state index is 0.333. The Morgan fingerprint density at radius 1 is 1.32 bits per heavy atom. The van der Waals surface area contributed by atoms with E-state index in [4.69, 9.17) is 4.74 Å². The van der Waals surface area contributed by atoms with Gasteiger partial charge in [0.15, 0.2) is 0 Å². The fraction of sp³-hybridized carbons (Fsp3) is 0.312. The fourth-order valence-electron chi connectivity index (χ4n) is 1.75. The molecule has 22 heavy (non-hydrogen) atoms. The average molecular weight is 322 g/mol. The van der Waals surface area contributed by atoms with Crippen molar-refractivity contribution < 1.29 is 13.9 Å². The number of amides is 1. The Bertz CT molecular complexity index is 636. The van der Waals surface area contributed by atoms with Crippen LogP contribution < -0.4 is 10.6 Å². The first-order valence-corrected chi connectivity index (χ1v) is 7.82. The van der Waals surface area contributed by atoms with Gasteiger partial charge in [0.2, 0.25) is 0 Å². The van der Waals surface area contributed by atoms with E-state index >= 15 is 0 Å². The van der Waals surface area contributed by atoms with Crippen LogP contribution in [0.5, 0.6) is 0 Å². The van der Waals surface area contributed by atoms with E-state index in [-0.39, 0.29) is 5.82 Å². The van der Waals surface area contributed by atoms with Gasteiger partial charge in [-0.2, -0.15) is 11.3 Å². The number of ether oxygens (including phenoxy) is 1. The lowest BCUT2D eigenvalue weighted by atomic mass is 10.2. The zero-order valence-corrected chi connectivity index (χ0v) is 13.6. The average Bonchev–Trinajstić information content (AvgIpc) is 2.90. The van der Waals surface area contributed by atoms with E-state index in [0.29, 0.717) is 17.9 Å². The molecule has 0 aliphatic heterocycles. The minimum Gasteiger partial charge on any atom is -0.444 e. The van der Waals surface area contributed by atoms with Crippen LogP contribution >= 0.6 is 11.3 Å². The van der Waals surface area contributed by atoms with Crippen LogP contribution in [0.15, 0.2) is 35.0 Å². The summed E-state index contributed by atoms with van der Waals surface area (Å²) in [7, 11) is 0. The van der Waals surface area contributed by atoms with E-state index in [1.807, 2.05) is 16.8 Å². The first-order valence-electron chi connectivity index (χ1n) is 6.88. The third-order valence-electron chi connectivity index (χ3n) is 2.67. The summed E-state index contributed by atoms with van der Waals surface area (Å²) in [5.74, 6) is -0.370. The first kappa shape index (κ1) is 16.3. The van der Waals surface area contributed by atoms with Crippen molar-refractivity contribution in [3.05, 3.63) is 46.4 Å². The number of hydrogen-bond donors (Lipinski definition) is 2. The van der Waals surface area contributed by atoms with E-state index in [1.165, 1.54) is 12.1 Å². The van der Waals surface area contributed by atoms with Gasteiger partial charge in [0.25, 0.3) is 0 Å². The predicted molar refractivity (Wildman–Crippen MR) is 87.9 cm³/mol. The second-order valence-electron chi connectivity index (χ2n) is 5.81. The van der Waals surface area contributed by atoms with Gasteiger partial charge in [0.05, 0.1) is 5.69 Å². The highest BCUT2D eigenvalue weighted by atomic mass is 32.1. The molecule has 0 saturated heterocycles. The van der Waals surface area contributed by atoms with Crippen molar-refractivity contribution in [2.24, 2.45) is 0 Å². The first-order chi connectivity index (χ1) is 10.3. The molecule has 0 aliphatic rings. The number of thiophene rings is 1. The van der Waals surface area contributed by atoms with Crippen LogP contribution in [-0.2, 0) is 11.3 Å². The van der Waals surface area contributed by atoms with E-state index in [9.17, 15) is 9.18 Å². The van der Waals surface area contributed by atoms with Crippen LogP contribution in [0.1, 0.15) is 26.3 Å². The summed E-state index contributed by atoms with van der Waals surface area (Å²) in [4.78, 5) is 11.7. The molecule has 0 aliphatic carbocycles. The highest BCUT2D eigenvalue weighted by Crippen LogP contribution is 2.21. The standard InChI is InChI=1S/C16H19FN2O2S/c1-16(2,3)21-15(20)19-12-4-5-13(17)14(8-12)18-9-11-6-7-22-10-11/h4-8,10,18H,9H2,1-3H3,(H,19,20). The summed E-state index contributed by atoms with van der Waals surface area (Å²) in [6.45, 7) is 5.87. The van der Waals surface area contributed by atoms with Crippen molar-refractivity contribution in [1.82, 2.24) is 0 Å². The number of carbonyl (C=O) groups is 1. The van der Waals surface area contributed by atoms with Crippen molar-refractivity contribution in [2.45, 2.75) is 32.9 Å². The molecule has 2 aromatic rings. The molecule has 2 rings (SSSR count). The van der Waals surface area contributed by atoms with Gasteiger partial charge >= 0.3 is 6.09 Å². The molecule has 1 aromatic heterocycles. The van der Waals surface area contributed by atoms with Crippen LogP contribution in [0.25, 0.3) is 0 Å². The van der Waals surface area contributed by atoms with E-state index in [0.717, 1.165) is 5.56 Å². The molecule has 0 atom stereocenters. The molecule has 1 heterocycles. The summed E-state index contributed by atoms with van der Waals surface area (Å²) in [5.41, 5.74) is 1.31. The van der Waals surface area contributed by atoms with E-state index in [2.05, 4.69) is 10.6 Å². The number of benzene rings is 1. The maximum absolute atomic E-state index is 13.8. The Kier molecular flexibility index (Phi) is 5.03. The van der Waals surface area contributed by atoms with Gasteiger partial charge < -0.3 is 10.1 Å². The molecule has 0 saturated carbocycles. The maximum Gasteiger partial charge on any atom is 0.412 e. The lowest BCUT2D eigenvalue weighted by Gasteiger charge is -2.20. The van der Waals surface area contributed by atoms with Gasteiger partial charge in [0.1, 0.15) is 11.4 Å². The molecular formula is C16H19FN2O2S. The Balaban J connectivity index is 2.01. The molecule has 118 valence electrons. The highest BCUT2D eigenvalue weighted by molar-refractivity contribution is 7.07. The summed E-state index contributed by atoms with van der Waals surface area (Å²) < 4.78 is 19.0. The Hall–Kier alpha value is -2.08. The smallest absolute Gasteiger partial charge is 0.412 e. The maximum atomic E-state index is 13.8. The highest BCUT2D eigenvalue weighted by Gasteiger charge is 2.16. The molecule has 0 radical (unpaired) electrons. The van der Waals surface area contributed by atoms with Gasteiger partial charge in [0, 0.05) is 12.2 Å². The Labute approximate surface area is 133 Å². The molecule has 1 aromatic carbocycles. The quantitative estimate of drug-likeness (QED) is 0.846. The van der Waals surface area contributed by atoms with Gasteiger partial charge in [-0.15, -0.1) is 0 Å². The second-order valence-corrected chi connectivity index (χ2v) is 6.59. The van der Waals surface area contributed by atoms with Crippen LogP contribution in [0, 0.1) is 5.82 Å². The van der Waals surface area contributed by atoms with E-state index in [1.54, 1.807) is 38.2 Å². The topological polar surface area (TPSA) is 50.4 Å². The summed E-state index contributed by atoms with van der Waals surface area (Å²) in [6, 6.07) is 6.32. The van der Waals surface area contributed by atoms with Crippen LogP contribution in [-0.4, -0.2) is 11.7 Å². The lowest BCUT2D eigenvalue weighted by Crippen LogP contribution is -2.27. The zero-order valence-electron chi connectivity index (χ0n) is 12.8. The van der Waals surface area contributed by atoms with Crippen molar-refractivity contribution in [2.75, 3.05) is 10.6 Å². The number of hydrogen-bond acceptors (Lipinski definition) is 4. The Morgan fingerprint density at radius 2 is 2.09 bits per heavy atom. The van der Waals surface area contributed by atoms with Gasteiger partial charge in [-0.1, -0.05) is 0 Å². The normalized spacial score (nSPS) is 11.1. The molecule has 0 spiro atoms. The van der Waals surface area contributed by atoms with Crippen LogP contribution in [0.4, 0.5) is 20.6 Å². The number of rotatable bonds is 4. The number of nitrogens with one attached hydrogen (secondary N) is 2. The Morgan fingerprint density at radius 3 is 2.73 bits per heavy atom. The van der Waals surface area contributed by atoms with Crippen molar-refractivity contribution in [1.29, 1.82) is 0 Å². The van der Waals surface area contributed by atoms with Crippen LogP contribution in [0.3, 0.4) is 0 Å². The largest absolute Gasteiger partial charge is 0.444 e. The van der Waals surface area contributed by atoms with Gasteiger partial charge in [-0.05, 0) is 61.4 Å². The molecule has 0 fully saturated rings. The monoisotopic (exact) mass is 322 g/mol. The van der Waals surface area contributed by atoms with Gasteiger partial charge in [-0.25, -0.2) is 9.18 Å².